The van der Waals surface area contributed by atoms with Gasteiger partial charge in [-0.15, -0.1) is 0 Å². The highest BCUT2D eigenvalue weighted by Gasteiger charge is 2.37. The Morgan fingerprint density at radius 3 is 2.61 bits per heavy atom. The van der Waals surface area contributed by atoms with Gasteiger partial charge >= 0.3 is 0 Å². The zero-order valence-electron chi connectivity index (χ0n) is 18.3. The van der Waals surface area contributed by atoms with Gasteiger partial charge in [0, 0.05) is 25.0 Å². The molecule has 0 aliphatic carbocycles. The molecule has 166 valence electrons. The van der Waals surface area contributed by atoms with Crippen LogP contribution >= 0.6 is 0 Å². The second-order valence-electron chi connectivity index (χ2n) is 8.36. The molecule has 7 nitrogen and oxygen atoms in total. The number of fused-ring (bicyclic) bond motifs is 1. The number of aliphatic hydroxyl groups excluding tert-OH is 1. The minimum atomic E-state index is -3.87. The number of hydrogen-bond acceptors (Lipinski definition) is 6. The number of likely N-dealkylation sites (N-methyl/N-ethyl adjacent to an activating group) is 1. The average molecular weight is 444 g/mol. The standard InChI is InChI=1S/C23H29N3O4S/c1-16-13-26(17(2)15-27)31(28,29)23-9-8-20(19-7-5-6-18(10-19)12-24)11-21(23)30-22(16)14-25(3)4/h5-11,16-17,22,27H,13-15H2,1-4H3/t16-,17-,22-/m1/s1. The Morgan fingerprint density at radius 2 is 1.97 bits per heavy atom. The molecular formula is C23H29N3O4S. The number of ether oxygens (including phenoxy) is 1. The van der Waals surface area contributed by atoms with Crippen LogP contribution in [0.5, 0.6) is 5.75 Å². The van der Waals surface area contributed by atoms with Crippen LogP contribution in [0.4, 0.5) is 0 Å². The lowest BCUT2D eigenvalue weighted by molar-refractivity contribution is 0.0813. The largest absolute Gasteiger partial charge is 0.487 e. The molecule has 0 unspecified atom stereocenters. The van der Waals surface area contributed by atoms with Gasteiger partial charge in [0.1, 0.15) is 16.7 Å². The van der Waals surface area contributed by atoms with Gasteiger partial charge in [0.25, 0.3) is 0 Å². The molecule has 3 rings (SSSR count). The molecule has 3 atom stereocenters. The Labute approximate surface area is 184 Å². The Hall–Kier alpha value is -2.44. The molecule has 2 aromatic carbocycles. The summed E-state index contributed by atoms with van der Waals surface area (Å²) in [5.74, 6) is 0.193. The molecule has 31 heavy (non-hydrogen) atoms. The molecule has 0 saturated carbocycles. The van der Waals surface area contributed by atoms with Crippen molar-refractivity contribution in [1.82, 2.24) is 9.21 Å². The molecule has 8 heteroatoms. The van der Waals surface area contributed by atoms with E-state index in [0.29, 0.717) is 12.1 Å². The fourth-order valence-corrected chi connectivity index (χ4v) is 5.58. The summed E-state index contributed by atoms with van der Waals surface area (Å²) in [6.07, 6.45) is -0.238. The first-order chi connectivity index (χ1) is 14.7. The molecule has 0 aromatic heterocycles. The molecule has 0 amide bonds. The maximum atomic E-state index is 13.5. The topological polar surface area (TPSA) is 93.9 Å². The van der Waals surface area contributed by atoms with Crippen LogP contribution in [0.3, 0.4) is 0 Å². The average Bonchev–Trinajstić information content (AvgIpc) is 2.75. The third kappa shape index (κ3) is 4.91. The summed E-state index contributed by atoms with van der Waals surface area (Å²) in [5.41, 5.74) is 2.10. The van der Waals surface area contributed by atoms with Gasteiger partial charge in [-0.05, 0) is 56.4 Å². The van der Waals surface area contributed by atoms with E-state index in [4.69, 9.17) is 4.74 Å². The number of nitrogens with zero attached hydrogens (tertiary/aromatic N) is 3. The van der Waals surface area contributed by atoms with Crippen molar-refractivity contribution in [3.63, 3.8) is 0 Å². The van der Waals surface area contributed by atoms with E-state index in [2.05, 4.69) is 6.07 Å². The lowest BCUT2D eigenvalue weighted by atomic mass is 10.0. The Bertz CT molecular complexity index is 1080. The van der Waals surface area contributed by atoms with Gasteiger partial charge in [0.2, 0.25) is 10.0 Å². The molecule has 1 N–H and O–H groups in total. The minimum Gasteiger partial charge on any atom is -0.487 e. The molecule has 1 heterocycles. The molecule has 0 spiro atoms. The van der Waals surface area contributed by atoms with Crippen molar-refractivity contribution in [3.8, 4) is 22.9 Å². The monoisotopic (exact) mass is 443 g/mol. The molecule has 0 radical (unpaired) electrons. The predicted octanol–water partition coefficient (Wildman–Crippen LogP) is 2.56. The SMILES string of the molecule is C[C@@H]1CN([C@H](C)CO)S(=O)(=O)c2ccc(-c3cccc(C#N)c3)cc2O[C@@H]1CN(C)C. The molecular weight excluding hydrogens is 414 g/mol. The third-order valence-corrected chi connectivity index (χ3v) is 7.56. The zero-order valence-corrected chi connectivity index (χ0v) is 19.1. The van der Waals surface area contributed by atoms with E-state index >= 15 is 0 Å². The van der Waals surface area contributed by atoms with E-state index in [-0.39, 0.29) is 35.8 Å². The number of rotatable bonds is 5. The van der Waals surface area contributed by atoms with Gasteiger partial charge in [-0.2, -0.15) is 9.57 Å². The lowest BCUT2D eigenvalue weighted by Gasteiger charge is -2.37. The normalized spacial score (nSPS) is 22.0. The van der Waals surface area contributed by atoms with Crippen LogP contribution in [-0.2, 0) is 10.0 Å². The van der Waals surface area contributed by atoms with E-state index in [1.807, 2.05) is 32.0 Å². The van der Waals surface area contributed by atoms with Crippen LogP contribution in [0, 0.1) is 17.2 Å². The maximum absolute atomic E-state index is 13.5. The van der Waals surface area contributed by atoms with Gasteiger partial charge in [-0.3, -0.25) is 0 Å². The highest BCUT2D eigenvalue weighted by Crippen LogP contribution is 2.36. The van der Waals surface area contributed by atoms with E-state index in [0.717, 1.165) is 11.1 Å². The van der Waals surface area contributed by atoms with Gasteiger partial charge < -0.3 is 14.7 Å². The van der Waals surface area contributed by atoms with Crippen LogP contribution in [-0.4, -0.2) is 68.7 Å². The van der Waals surface area contributed by atoms with Crippen molar-refractivity contribution in [2.45, 2.75) is 30.9 Å². The second-order valence-corrected chi connectivity index (χ2v) is 10.2. The Kier molecular flexibility index (Phi) is 7.02. The van der Waals surface area contributed by atoms with E-state index in [9.17, 15) is 18.8 Å². The fourth-order valence-electron chi connectivity index (χ4n) is 3.75. The van der Waals surface area contributed by atoms with Crippen molar-refractivity contribution in [1.29, 1.82) is 5.26 Å². The van der Waals surface area contributed by atoms with Crippen molar-refractivity contribution in [2.75, 3.05) is 33.8 Å². The summed E-state index contributed by atoms with van der Waals surface area (Å²) in [4.78, 5) is 2.10. The first kappa shape index (κ1) is 23.2. The zero-order chi connectivity index (χ0) is 22.8. The number of benzene rings is 2. The third-order valence-electron chi connectivity index (χ3n) is 5.54. The maximum Gasteiger partial charge on any atom is 0.247 e. The highest BCUT2D eigenvalue weighted by atomic mass is 32.2. The summed E-state index contributed by atoms with van der Waals surface area (Å²) < 4.78 is 34.6. The van der Waals surface area contributed by atoms with Crippen molar-refractivity contribution >= 4 is 10.0 Å². The predicted molar refractivity (Wildman–Crippen MR) is 119 cm³/mol. The minimum absolute atomic E-state index is 0.0867. The molecule has 1 aliphatic heterocycles. The number of aliphatic hydroxyl groups is 1. The first-order valence-electron chi connectivity index (χ1n) is 10.3. The summed E-state index contributed by atoms with van der Waals surface area (Å²) in [7, 11) is 0.0295. The molecule has 0 fully saturated rings. The second kappa shape index (κ2) is 9.37. The van der Waals surface area contributed by atoms with Crippen LogP contribution in [0.2, 0.25) is 0 Å². The van der Waals surface area contributed by atoms with Gasteiger partial charge in [-0.25, -0.2) is 8.42 Å². The van der Waals surface area contributed by atoms with Gasteiger partial charge in [0.05, 0.1) is 18.2 Å². The van der Waals surface area contributed by atoms with E-state index in [1.165, 1.54) is 4.31 Å². The van der Waals surface area contributed by atoms with Crippen molar-refractivity contribution < 1.29 is 18.3 Å². The number of sulfonamides is 1. The van der Waals surface area contributed by atoms with Crippen molar-refractivity contribution in [2.24, 2.45) is 5.92 Å². The van der Waals surface area contributed by atoms with E-state index < -0.39 is 16.1 Å². The smallest absolute Gasteiger partial charge is 0.247 e. The summed E-state index contributed by atoms with van der Waals surface area (Å²) in [5, 5.41) is 18.9. The van der Waals surface area contributed by atoms with Crippen LogP contribution in [0.25, 0.3) is 11.1 Å². The highest BCUT2D eigenvalue weighted by molar-refractivity contribution is 7.89. The molecule has 2 aromatic rings. The van der Waals surface area contributed by atoms with Gasteiger partial charge in [0.15, 0.2) is 0 Å². The summed E-state index contributed by atoms with van der Waals surface area (Å²) in [6.45, 7) is 4.28. The van der Waals surface area contributed by atoms with Crippen LogP contribution in [0.1, 0.15) is 19.4 Å². The first-order valence-corrected chi connectivity index (χ1v) is 11.7. The van der Waals surface area contributed by atoms with Gasteiger partial charge in [-0.1, -0.05) is 25.1 Å². The quantitative estimate of drug-likeness (QED) is 0.763. The Balaban J connectivity index is 2.16. The van der Waals surface area contributed by atoms with Crippen molar-refractivity contribution in [3.05, 3.63) is 48.0 Å². The summed E-state index contributed by atoms with van der Waals surface area (Å²) >= 11 is 0. The fraction of sp³-hybridized carbons (Fsp3) is 0.435. The lowest BCUT2D eigenvalue weighted by Crippen LogP contribution is -2.49. The molecule has 1 aliphatic rings. The summed E-state index contributed by atoms with van der Waals surface area (Å²) in [6, 6.07) is 13.7. The van der Waals surface area contributed by atoms with E-state index in [1.54, 1.807) is 43.3 Å². The number of hydrogen-bond donors (Lipinski definition) is 1. The van der Waals surface area contributed by atoms with Crippen LogP contribution in [0.15, 0.2) is 47.4 Å². The number of nitriles is 1. The van der Waals surface area contributed by atoms with Crippen LogP contribution < -0.4 is 4.74 Å². The molecule has 0 bridgehead atoms. The Morgan fingerprint density at radius 1 is 1.26 bits per heavy atom. The molecule has 0 saturated heterocycles.